The molecule has 15 heteroatoms. The second-order valence-electron chi connectivity index (χ2n) is 13.3. The molecule has 1 aromatic carbocycles. The summed E-state index contributed by atoms with van der Waals surface area (Å²) in [6, 6.07) is 5.09. The topological polar surface area (TPSA) is 177 Å². The number of rotatable bonds is 11. The average Bonchev–Trinajstić information content (AvgIpc) is 3.46. The molecular weight excluding hydrogens is 666 g/mol. The van der Waals surface area contributed by atoms with E-state index in [2.05, 4.69) is 20.5 Å². The number of nitrogens with one attached hydrogen (secondary N) is 2. The van der Waals surface area contributed by atoms with Crippen molar-refractivity contribution < 1.29 is 41.5 Å². The van der Waals surface area contributed by atoms with Crippen molar-refractivity contribution >= 4 is 49.4 Å². The largest absolute Gasteiger partial charge is 0.492 e. The quantitative estimate of drug-likeness (QED) is 0.352. The Hall–Kier alpha value is -3.92. The number of carbonyl (C=O) groups excluding carboxylic acids is 4. The van der Waals surface area contributed by atoms with Gasteiger partial charge < -0.3 is 24.5 Å². The summed E-state index contributed by atoms with van der Waals surface area (Å²) in [6.45, 7) is 3.99. The molecule has 2 aromatic rings. The van der Waals surface area contributed by atoms with E-state index < -0.39 is 57.1 Å². The van der Waals surface area contributed by atoms with Crippen molar-refractivity contribution in [2.24, 2.45) is 10.9 Å². The van der Waals surface area contributed by atoms with Crippen LogP contribution in [0.5, 0.6) is 5.75 Å². The van der Waals surface area contributed by atoms with Crippen LogP contribution >= 0.6 is 0 Å². The number of hydrogen-bond acceptors (Lipinski definition) is 11. The van der Waals surface area contributed by atoms with Gasteiger partial charge in [-0.25, -0.2) is 13.4 Å². The van der Waals surface area contributed by atoms with Crippen molar-refractivity contribution in [3.05, 3.63) is 42.3 Å². The highest BCUT2D eigenvalue weighted by molar-refractivity contribution is 8.06. The van der Waals surface area contributed by atoms with E-state index in [1.165, 1.54) is 12.3 Å². The molecule has 1 saturated carbocycles. The maximum atomic E-state index is 13.8. The lowest BCUT2D eigenvalue weighted by Crippen LogP contribution is -2.53. The Morgan fingerprint density at radius 1 is 1.02 bits per heavy atom. The molecule has 4 aliphatic rings. The summed E-state index contributed by atoms with van der Waals surface area (Å²) in [4.78, 5) is 58.9. The van der Waals surface area contributed by atoms with E-state index in [0.29, 0.717) is 29.7 Å². The fraction of sp³-hybridized carbons (Fsp3) is 0.571. The molecule has 0 bridgehead atoms. The van der Waals surface area contributed by atoms with Gasteiger partial charge in [-0.3, -0.25) is 24.1 Å². The number of amides is 2. The molecule has 270 valence electrons. The van der Waals surface area contributed by atoms with Gasteiger partial charge in [-0.15, -0.1) is 0 Å². The highest BCUT2D eigenvalue weighted by Gasteiger charge is 2.38. The molecule has 2 N–H and O–H groups in total. The zero-order valence-corrected chi connectivity index (χ0v) is 29.0. The summed E-state index contributed by atoms with van der Waals surface area (Å²) < 4.78 is 44.5. The van der Waals surface area contributed by atoms with Crippen molar-refractivity contribution in [3.8, 4) is 5.75 Å². The van der Waals surface area contributed by atoms with Crippen LogP contribution in [0.25, 0.3) is 11.0 Å². The van der Waals surface area contributed by atoms with Gasteiger partial charge >= 0.3 is 0 Å². The van der Waals surface area contributed by atoms with Gasteiger partial charge in [0.05, 0.1) is 25.8 Å². The Kier molecular flexibility index (Phi) is 11.8. The first-order valence-corrected chi connectivity index (χ1v) is 19.0. The number of benzene rings is 1. The molecule has 1 unspecified atom stereocenters. The summed E-state index contributed by atoms with van der Waals surface area (Å²) in [7, 11) is -4.28. The number of morpholine rings is 1. The fourth-order valence-electron chi connectivity index (χ4n) is 6.96. The number of sulfonamides is 1. The van der Waals surface area contributed by atoms with Crippen LogP contribution in [-0.2, 0) is 29.1 Å². The van der Waals surface area contributed by atoms with Gasteiger partial charge in [0.15, 0.2) is 17.3 Å². The van der Waals surface area contributed by atoms with Gasteiger partial charge in [0, 0.05) is 44.2 Å². The molecule has 2 saturated heterocycles. The zero-order valence-electron chi connectivity index (χ0n) is 28.1. The lowest BCUT2D eigenvalue weighted by Gasteiger charge is -2.27. The van der Waals surface area contributed by atoms with Crippen molar-refractivity contribution in [1.82, 2.24) is 19.8 Å². The van der Waals surface area contributed by atoms with Crippen LogP contribution in [0, 0.1) is 5.92 Å². The number of ketones is 2. The van der Waals surface area contributed by atoms with Crippen LogP contribution in [0.3, 0.4) is 0 Å². The molecule has 3 aliphatic heterocycles. The number of aliphatic imine (C=N–C) groups is 1. The van der Waals surface area contributed by atoms with E-state index in [1.54, 1.807) is 18.2 Å². The number of ether oxygens (including phenoxy) is 2. The highest BCUT2D eigenvalue weighted by Crippen LogP contribution is 2.29. The van der Waals surface area contributed by atoms with Gasteiger partial charge in [-0.1, -0.05) is 38.2 Å². The van der Waals surface area contributed by atoms with Crippen LogP contribution in [0.1, 0.15) is 68.3 Å². The number of hydrogen-bond donors (Lipinski definition) is 2. The molecule has 14 nitrogen and oxygen atoms in total. The van der Waals surface area contributed by atoms with Crippen LogP contribution in [0.2, 0.25) is 0 Å². The van der Waals surface area contributed by atoms with Crippen LogP contribution in [0.15, 0.2) is 46.0 Å². The molecule has 50 heavy (non-hydrogen) atoms. The Labute approximate surface area is 291 Å². The third kappa shape index (κ3) is 8.86. The monoisotopic (exact) mass is 711 g/mol. The first-order valence-electron chi connectivity index (χ1n) is 17.5. The van der Waals surface area contributed by atoms with E-state index in [9.17, 15) is 27.6 Å². The maximum absolute atomic E-state index is 13.8. The molecular formula is C35H45N5O9S. The second kappa shape index (κ2) is 16.4. The van der Waals surface area contributed by atoms with Gasteiger partial charge in [0.1, 0.15) is 24.0 Å². The molecule has 2 atom stereocenters. The third-order valence-electron chi connectivity index (χ3n) is 9.77. The Morgan fingerprint density at radius 3 is 2.60 bits per heavy atom. The molecule has 0 radical (unpaired) electrons. The minimum Gasteiger partial charge on any atom is -0.492 e. The summed E-state index contributed by atoms with van der Waals surface area (Å²) in [5, 5.41) is 5.77. The maximum Gasteiger partial charge on any atom is 0.287 e. The number of Topliss-reactive ketones (excluding diaryl/α,β-unsaturated/α-hetero) is 2. The number of fused-ring (bicyclic) bond motifs is 1. The molecule has 6 rings (SSSR count). The molecule has 0 spiro atoms. The summed E-state index contributed by atoms with van der Waals surface area (Å²) in [5.74, 6) is -1.27. The minimum absolute atomic E-state index is 0.00533. The molecule has 2 amide bonds. The first-order chi connectivity index (χ1) is 24.2. The van der Waals surface area contributed by atoms with Gasteiger partial charge in [0.2, 0.25) is 11.0 Å². The molecule has 3 fully saturated rings. The van der Waals surface area contributed by atoms with Gasteiger partial charge in [0.25, 0.3) is 15.9 Å². The normalized spacial score (nSPS) is 22.2. The number of furan rings is 1. The van der Waals surface area contributed by atoms with Crippen molar-refractivity contribution in [3.63, 3.8) is 0 Å². The Bertz CT molecular complexity index is 1740. The van der Waals surface area contributed by atoms with Crippen molar-refractivity contribution in [2.45, 2.75) is 69.9 Å². The van der Waals surface area contributed by atoms with Crippen LogP contribution in [-0.4, -0.2) is 111 Å². The van der Waals surface area contributed by atoms with E-state index in [4.69, 9.17) is 13.9 Å². The standard InChI is InChI=1S/C35H45N5O9S/c41-29-9-4-12-36-35(29)50(45,46)40-13-5-8-27(30(42)23-40)37-33(43)28(20-24-6-2-1-3-7-24)38-34(44)32-22-25-21-26(10-11-31(25)49-32)48-19-16-39-14-17-47-18-15-39/h4,10-12,21-22,24,27-28H,1-3,5-9,13-20,23H2,(H,37,43)(H,38,44)/t27-,28?/m0/s1. The predicted octanol–water partition coefficient (Wildman–Crippen LogP) is 2.58. The number of nitrogens with zero attached hydrogens (tertiary/aromatic N) is 3. The molecule has 1 aromatic heterocycles. The summed E-state index contributed by atoms with van der Waals surface area (Å²) >= 11 is 0. The lowest BCUT2D eigenvalue weighted by molar-refractivity contribution is -0.129. The molecule has 1 aliphatic carbocycles. The van der Waals surface area contributed by atoms with Crippen LogP contribution < -0.4 is 15.4 Å². The van der Waals surface area contributed by atoms with E-state index in [0.717, 1.165) is 69.3 Å². The highest BCUT2D eigenvalue weighted by atomic mass is 32.2. The average molecular weight is 712 g/mol. The minimum atomic E-state index is -4.28. The third-order valence-corrected chi connectivity index (χ3v) is 11.6. The van der Waals surface area contributed by atoms with E-state index in [1.807, 2.05) is 6.07 Å². The smallest absolute Gasteiger partial charge is 0.287 e. The zero-order chi connectivity index (χ0) is 35.1. The SMILES string of the molecule is O=C1CC=CN=C1S(=O)(=O)N1CCC[C@H](NC(=O)C(CC2CCCCC2)NC(=O)c2cc3cc(OCCN4CCOCC4)ccc3o2)C(=O)C1. The predicted molar refractivity (Wildman–Crippen MR) is 184 cm³/mol. The van der Waals surface area contributed by atoms with Crippen molar-refractivity contribution in [1.29, 1.82) is 0 Å². The van der Waals surface area contributed by atoms with E-state index in [-0.39, 0.29) is 37.5 Å². The number of allylic oxidation sites excluding steroid dienone is 1. The fourth-order valence-corrected chi connectivity index (χ4v) is 8.43. The first kappa shape index (κ1) is 35.9. The second-order valence-corrected chi connectivity index (χ2v) is 15.2. The van der Waals surface area contributed by atoms with E-state index >= 15 is 0 Å². The summed E-state index contributed by atoms with van der Waals surface area (Å²) in [5.41, 5.74) is 0.504. The van der Waals surface area contributed by atoms with Gasteiger partial charge in [-0.05, 0) is 49.4 Å². The summed E-state index contributed by atoms with van der Waals surface area (Å²) in [6.07, 6.45) is 8.64. The van der Waals surface area contributed by atoms with Crippen molar-refractivity contribution in [2.75, 3.05) is 52.5 Å². The van der Waals surface area contributed by atoms with Crippen LogP contribution in [0.4, 0.5) is 0 Å². The number of carbonyl (C=O) groups is 4. The lowest BCUT2D eigenvalue weighted by atomic mass is 9.84. The van der Waals surface area contributed by atoms with Gasteiger partial charge in [-0.2, -0.15) is 4.31 Å². The Balaban J connectivity index is 1.10. The Morgan fingerprint density at radius 2 is 1.82 bits per heavy atom. The molecule has 4 heterocycles.